The van der Waals surface area contributed by atoms with E-state index in [-0.39, 0.29) is 22.6 Å². The molecule has 5 rings (SSSR count). The summed E-state index contributed by atoms with van der Waals surface area (Å²) in [5, 5.41) is 3.17. The summed E-state index contributed by atoms with van der Waals surface area (Å²) in [4.78, 5) is 13.3. The van der Waals surface area contributed by atoms with Crippen LogP contribution in [0.2, 0.25) is 0 Å². The molecule has 4 aliphatic carbocycles. The average molecular weight is 455 g/mol. The Kier molecular flexibility index (Phi) is 5.74. The first kappa shape index (κ1) is 21.8. The molecular weight excluding hydrogens is 424 g/mol. The molecule has 1 unspecified atom stereocenters. The molecule has 7 nitrogen and oxygen atoms in total. The van der Waals surface area contributed by atoms with Gasteiger partial charge in [-0.15, -0.1) is 0 Å². The van der Waals surface area contributed by atoms with E-state index < -0.39 is 31.8 Å². The van der Waals surface area contributed by atoms with Crippen molar-refractivity contribution in [2.75, 3.05) is 12.0 Å². The number of sulfone groups is 1. The number of carbonyl (C=O) groups excluding carboxylic acids is 1. The molecule has 0 aromatic heterocycles. The average Bonchev–Trinajstić information content (AvgIpc) is 2.63. The zero-order valence-corrected chi connectivity index (χ0v) is 18.8. The van der Waals surface area contributed by atoms with Gasteiger partial charge < -0.3 is 5.32 Å². The molecule has 1 aromatic carbocycles. The summed E-state index contributed by atoms with van der Waals surface area (Å²) in [5.74, 6) is 1.22. The highest BCUT2D eigenvalue weighted by Crippen LogP contribution is 2.55. The first-order chi connectivity index (χ1) is 14.0. The van der Waals surface area contributed by atoms with Gasteiger partial charge in [0.25, 0.3) is 0 Å². The van der Waals surface area contributed by atoms with Crippen LogP contribution in [0.3, 0.4) is 0 Å². The van der Waals surface area contributed by atoms with E-state index in [9.17, 15) is 21.6 Å². The molecule has 166 valence electrons. The van der Waals surface area contributed by atoms with Crippen molar-refractivity contribution >= 4 is 25.8 Å². The number of amides is 1. The molecule has 2 N–H and O–H groups in total. The van der Waals surface area contributed by atoms with Gasteiger partial charge in [-0.05, 0) is 74.8 Å². The monoisotopic (exact) mass is 454 g/mol. The molecule has 0 saturated heterocycles. The molecule has 0 heterocycles. The lowest BCUT2D eigenvalue weighted by atomic mass is 9.53. The van der Waals surface area contributed by atoms with Gasteiger partial charge in [-0.3, -0.25) is 4.79 Å². The van der Waals surface area contributed by atoms with Crippen molar-refractivity contribution in [2.45, 2.75) is 61.4 Å². The molecule has 0 aliphatic heterocycles. The Hall–Kier alpha value is -1.45. The Morgan fingerprint density at radius 2 is 1.53 bits per heavy atom. The summed E-state index contributed by atoms with van der Waals surface area (Å²) in [7, 11) is -7.28. The summed E-state index contributed by atoms with van der Waals surface area (Å²) in [6.45, 7) is 0. The van der Waals surface area contributed by atoms with Crippen LogP contribution in [0.4, 0.5) is 0 Å². The van der Waals surface area contributed by atoms with E-state index in [1.807, 2.05) is 0 Å². The number of hydrogen-bond acceptors (Lipinski definition) is 5. The lowest BCUT2D eigenvalue weighted by Crippen LogP contribution is -2.62. The molecule has 0 radical (unpaired) electrons. The number of nitrogens with one attached hydrogen (secondary N) is 2. The first-order valence-electron chi connectivity index (χ1n) is 10.6. The summed E-state index contributed by atoms with van der Waals surface area (Å²) >= 11 is 0. The van der Waals surface area contributed by atoms with Crippen LogP contribution in [-0.2, 0) is 24.7 Å². The van der Waals surface area contributed by atoms with Crippen molar-refractivity contribution in [1.82, 2.24) is 10.0 Å². The van der Waals surface area contributed by atoms with Crippen molar-refractivity contribution in [2.24, 2.45) is 17.8 Å². The number of hydrogen-bond donors (Lipinski definition) is 2. The second-order valence-electron chi connectivity index (χ2n) is 9.59. The van der Waals surface area contributed by atoms with Gasteiger partial charge in [-0.25, -0.2) is 16.8 Å². The second kappa shape index (κ2) is 7.91. The Morgan fingerprint density at radius 3 is 2.03 bits per heavy atom. The van der Waals surface area contributed by atoms with Crippen molar-refractivity contribution in [3.05, 3.63) is 30.3 Å². The SMILES string of the molecule is CS(=O)(=O)CCC(NS(=O)(=O)c1ccccc1)C(=O)NC12CC3CC(CC(C3)C1)C2. The quantitative estimate of drug-likeness (QED) is 0.623. The topological polar surface area (TPSA) is 109 Å². The van der Waals surface area contributed by atoms with E-state index in [0.29, 0.717) is 17.8 Å². The fraction of sp³-hybridized carbons (Fsp3) is 0.667. The maximum Gasteiger partial charge on any atom is 0.241 e. The molecule has 9 heteroatoms. The van der Waals surface area contributed by atoms with Crippen LogP contribution in [0.25, 0.3) is 0 Å². The van der Waals surface area contributed by atoms with E-state index in [0.717, 1.165) is 25.5 Å². The molecule has 4 saturated carbocycles. The Morgan fingerprint density at radius 1 is 1.00 bits per heavy atom. The van der Waals surface area contributed by atoms with Gasteiger partial charge in [0, 0.05) is 11.8 Å². The van der Waals surface area contributed by atoms with Crippen molar-refractivity contribution < 1.29 is 21.6 Å². The van der Waals surface area contributed by atoms with Crippen LogP contribution in [-0.4, -0.2) is 46.3 Å². The maximum atomic E-state index is 13.2. The number of sulfonamides is 1. The largest absolute Gasteiger partial charge is 0.349 e. The molecular formula is C21H30N2O5S2. The third-order valence-electron chi connectivity index (χ3n) is 6.87. The van der Waals surface area contributed by atoms with Crippen LogP contribution >= 0.6 is 0 Å². The predicted octanol–water partition coefficient (Wildman–Crippen LogP) is 1.85. The van der Waals surface area contributed by atoms with E-state index in [2.05, 4.69) is 10.0 Å². The Bertz CT molecular complexity index is 970. The molecule has 30 heavy (non-hydrogen) atoms. The normalized spacial score (nSPS) is 31.4. The van der Waals surface area contributed by atoms with E-state index in [1.165, 1.54) is 31.4 Å². The van der Waals surface area contributed by atoms with Gasteiger partial charge in [0.05, 0.1) is 10.6 Å². The third-order valence-corrected chi connectivity index (χ3v) is 9.34. The van der Waals surface area contributed by atoms with Crippen LogP contribution in [0.1, 0.15) is 44.9 Å². The number of carbonyl (C=O) groups is 1. The van der Waals surface area contributed by atoms with Gasteiger partial charge in [-0.2, -0.15) is 4.72 Å². The zero-order chi connectivity index (χ0) is 21.6. The van der Waals surface area contributed by atoms with Gasteiger partial charge in [0.2, 0.25) is 15.9 Å². The first-order valence-corrected chi connectivity index (χ1v) is 14.2. The molecule has 4 fully saturated rings. The van der Waals surface area contributed by atoms with Crippen molar-refractivity contribution in [3.63, 3.8) is 0 Å². The summed E-state index contributed by atoms with van der Waals surface area (Å²) < 4.78 is 51.4. The van der Waals surface area contributed by atoms with E-state index >= 15 is 0 Å². The predicted molar refractivity (Wildman–Crippen MR) is 114 cm³/mol. The lowest BCUT2D eigenvalue weighted by molar-refractivity contribution is -0.128. The fourth-order valence-corrected chi connectivity index (χ4v) is 7.96. The molecule has 1 aromatic rings. The zero-order valence-electron chi connectivity index (χ0n) is 17.2. The minimum Gasteiger partial charge on any atom is -0.349 e. The highest BCUT2D eigenvalue weighted by Gasteiger charge is 2.52. The third kappa shape index (κ3) is 4.89. The number of benzene rings is 1. The molecule has 4 bridgehead atoms. The van der Waals surface area contributed by atoms with Crippen molar-refractivity contribution in [3.8, 4) is 0 Å². The molecule has 1 atom stereocenters. The minimum absolute atomic E-state index is 0.0527. The maximum absolute atomic E-state index is 13.2. The van der Waals surface area contributed by atoms with Crippen LogP contribution < -0.4 is 10.0 Å². The number of rotatable bonds is 8. The van der Waals surface area contributed by atoms with Gasteiger partial charge >= 0.3 is 0 Å². The standard InChI is InChI=1S/C21H30N2O5S2/c1-29(25,26)8-7-19(23-30(27,28)18-5-3-2-4-6-18)20(24)22-21-12-15-9-16(13-21)11-17(10-15)14-21/h2-6,15-17,19,23H,7-14H2,1H3,(H,22,24). The van der Waals surface area contributed by atoms with Gasteiger partial charge in [-0.1, -0.05) is 18.2 Å². The highest BCUT2D eigenvalue weighted by atomic mass is 32.2. The van der Waals surface area contributed by atoms with Gasteiger partial charge in [0.15, 0.2) is 0 Å². The van der Waals surface area contributed by atoms with E-state index in [1.54, 1.807) is 18.2 Å². The summed E-state index contributed by atoms with van der Waals surface area (Å²) in [6, 6.07) is 6.70. The molecule has 1 amide bonds. The molecule has 0 spiro atoms. The van der Waals surface area contributed by atoms with Crippen molar-refractivity contribution in [1.29, 1.82) is 0 Å². The van der Waals surface area contributed by atoms with E-state index in [4.69, 9.17) is 0 Å². The fourth-order valence-electron chi connectivity index (χ4n) is 6.04. The Labute approximate surface area is 179 Å². The smallest absolute Gasteiger partial charge is 0.241 e. The summed E-state index contributed by atoms with van der Waals surface area (Å²) in [6.07, 6.45) is 7.50. The van der Waals surface area contributed by atoms with Crippen LogP contribution in [0.15, 0.2) is 35.2 Å². The lowest BCUT2D eigenvalue weighted by Gasteiger charge is -2.57. The molecule has 4 aliphatic rings. The second-order valence-corrected chi connectivity index (χ2v) is 13.6. The Balaban J connectivity index is 1.52. The summed E-state index contributed by atoms with van der Waals surface area (Å²) in [5.41, 5.74) is -0.270. The van der Waals surface area contributed by atoms with Gasteiger partial charge in [0.1, 0.15) is 15.9 Å². The van der Waals surface area contributed by atoms with Crippen LogP contribution in [0.5, 0.6) is 0 Å². The van der Waals surface area contributed by atoms with Crippen LogP contribution in [0, 0.1) is 17.8 Å². The highest BCUT2D eigenvalue weighted by molar-refractivity contribution is 7.90. The minimum atomic E-state index is -3.94.